The smallest absolute Gasteiger partial charge is 0.311 e. The Morgan fingerprint density at radius 3 is 1.36 bits per heavy atom. The summed E-state index contributed by atoms with van der Waals surface area (Å²) in [5.74, 6) is 3.62. The summed E-state index contributed by atoms with van der Waals surface area (Å²) in [7, 11) is 0. The molecule has 8 nitrogen and oxygen atoms in total. The Balaban J connectivity index is 1.37. The molecule has 4 heterocycles. The molecule has 9 rings (SSSR count). The molecule has 0 saturated heterocycles. The molecular weight excluding hydrogens is 563 g/mol. The Labute approximate surface area is 258 Å². The maximum Gasteiger partial charge on any atom is 0.311 e. The van der Waals surface area contributed by atoms with Crippen LogP contribution >= 0.6 is 0 Å². The van der Waals surface area contributed by atoms with Gasteiger partial charge in [0.15, 0.2) is 11.6 Å². The molecule has 0 aliphatic carbocycles. The Kier molecular flexibility index (Phi) is 5.43. The van der Waals surface area contributed by atoms with Gasteiger partial charge in [0.25, 0.3) is 0 Å². The summed E-state index contributed by atoms with van der Waals surface area (Å²) in [6.45, 7) is -0.465. The second-order valence-electron chi connectivity index (χ2n) is 10.9. The van der Waals surface area contributed by atoms with Crippen LogP contribution in [0.15, 0.2) is 127 Å². The van der Waals surface area contributed by atoms with Crippen LogP contribution in [-0.2, 0) is 0 Å². The third-order valence-corrected chi connectivity index (χ3v) is 8.31. The van der Waals surface area contributed by atoms with Crippen molar-refractivity contribution in [1.82, 2.24) is 19.1 Å². The first-order valence-corrected chi connectivity index (χ1v) is 14.6. The van der Waals surface area contributed by atoms with Gasteiger partial charge in [0.2, 0.25) is 11.8 Å². The van der Waals surface area contributed by atoms with E-state index >= 15 is 0 Å². The topological polar surface area (TPSA) is 94.6 Å². The van der Waals surface area contributed by atoms with Gasteiger partial charge in [0, 0.05) is 5.46 Å². The van der Waals surface area contributed by atoms with E-state index in [0.29, 0.717) is 57.2 Å². The number of aromatic nitrogens is 4. The average molecular weight is 586 g/mol. The highest BCUT2D eigenvalue weighted by molar-refractivity contribution is 6.97. The summed E-state index contributed by atoms with van der Waals surface area (Å²) >= 11 is 0. The van der Waals surface area contributed by atoms with Crippen molar-refractivity contribution in [2.24, 2.45) is 0 Å². The van der Waals surface area contributed by atoms with Crippen LogP contribution in [0.4, 0.5) is 0 Å². The van der Waals surface area contributed by atoms with Crippen LogP contribution in [0.25, 0.3) is 34.2 Å². The van der Waals surface area contributed by atoms with E-state index in [1.165, 1.54) is 0 Å². The van der Waals surface area contributed by atoms with Crippen molar-refractivity contribution in [3.63, 3.8) is 0 Å². The molecule has 2 N–H and O–H groups in total. The lowest BCUT2D eigenvalue weighted by Crippen LogP contribution is -2.58. The molecule has 5 aromatic carbocycles. The molecule has 0 unspecified atom stereocenters. The minimum atomic E-state index is -0.465. The molecule has 2 aromatic heterocycles. The van der Waals surface area contributed by atoms with E-state index < -0.39 is 6.71 Å². The van der Waals surface area contributed by atoms with Gasteiger partial charge in [0.05, 0.1) is 33.7 Å². The number of nitrogens with zero attached hydrogens (tertiary/aromatic N) is 4. The number of aromatic hydroxyl groups is 2. The number of benzene rings is 5. The summed E-state index contributed by atoms with van der Waals surface area (Å²) in [6.07, 6.45) is 0. The number of phenolic OH excluding ortho intramolecular Hbond substituents is 2. The van der Waals surface area contributed by atoms with Crippen molar-refractivity contribution in [1.29, 1.82) is 0 Å². The van der Waals surface area contributed by atoms with E-state index in [9.17, 15) is 10.2 Å². The van der Waals surface area contributed by atoms with Crippen molar-refractivity contribution in [3.8, 4) is 68.9 Å². The fraction of sp³-hybridized carbons (Fsp3) is 0. The van der Waals surface area contributed by atoms with E-state index in [1.54, 1.807) is 24.3 Å². The van der Waals surface area contributed by atoms with Gasteiger partial charge >= 0.3 is 6.71 Å². The van der Waals surface area contributed by atoms with Gasteiger partial charge in [-0.2, -0.15) is 0 Å². The Morgan fingerprint density at radius 1 is 0.489 bits per heavy atom. The summed E-state index contributed by atoms with van der Waals surface area (Å²) in [5, 5.41) is 21.9. The lowest BCUT2D eigenvalue weighted by Gasteiger charge is -2.29. The quantitative estimate of drug-likeness (QED) is 0.264. The molecule has 2 aliphatic heterocycles. The van der Waals surface area contributed by atoms with E-state index in [-0.39, 0.29) is 11.5 Å². The zero-order valence-electron chi connectivity index (χ0n) is 23.7. The molecule has 214 valence electrons. The van der Waals surface area contributed by atoms with Crippen molar-refractivity contribution >= 4 is 23.4 Å². The summed E-state index contributed by atoms with van der Waals surface area (Å²) in [4.78, 5) is 10.4. The molecular formula is C36H23BN4O4. The average Bonchev–Trinajstić information content (AvgIpc) is 3.65. The Hall–Kier alpha value is -6.22. The van der Waals surface area contributed by atoms with E-state index in [0.717, 1.165) is 16.8 Å². The first-order valence-electron chi connectivity index (χ1n) is 14.6. The van der Waals surface area contributed by atoms with Gasteiger partial charge in [-0.15, -0.1) is 0 Å². The standard InChI is InChI=1S/C36H23BN4O4/c42-26-18-9-7-16-24(26)33-38-31-35(40(33)22-12-3-1-4-13-22)44-28-20-11-21-29-30(28)37(31)32-36(45-29)41(23-14-5-2-6-15-23)34(39-32)25-17-8-10-19-27(25)43/h1-21,42-43H. The maximum absolute atomic E-state index is 11.0. The molecule has 0 amide bonds. The molecule has 7 aromatic rings. The monoisotopic (exact) mass is 586 g/mol. The predicted octanol–water partition coefficient (Wildman–Crippen LogP) is 5.53. The Bertz CT molecular complexity index is 2110. The van der Waals surface area contributed by atoms with Gasteiger partial charge in [-0.05, 0) is 60.7 Å². The SMILES string of the molecule is Oc1ccccc1-c1nc2c(n1-c1ccccc1)Oc1cccc3c1B2c1nc(-c2ccccc2O)n(-c2ccccc2)c1O3. The van der Waals surface area contributed by atoms with Crippen LogP contribution in [-0.4, -0.2) is 36.0 Å². The van der Waals surface area contributed by atoms with Crippen LogP contribution in [0, 0.1) is 0 Å². The highest BCUT2D eigenvalue weighted by Crippen LogP contribution is 2.41. The second kappa shape index (κ2) is 9.65. The molecule has 0 radical (unpaired) electrons. The van der Waals surface area contributed by atoms with Gasteiger partial charge in [0.1, 0.15) is 23.0 Å². The lowest BCUT2D eigenvalue weighted by atomic mass is 9.38. The summed E-state index contributed by atoms with van der Waals surface area (Å²) in [6, 6.07) is 39.7. The third-order valence-electron chi connectivity index (χ3n) is 8.31. The number of hydrogen-bond donors (Lipinski definition) is 2. The molecule has 0 atom stereocenters. The molecule has 45 heavy (non-hydrogen) atoms. The van der Waals surface area contributed by atoms with Crippen LogP contribution in [0.3, 0.4) is 0 Å². The molecule has 0 saturated carbocycles. The first-order chi connectivity index (χ1) is 22.2. The minimum absolute atomic E-state index is 0.109. The highest BCUT2D eigenvalue weighted by atomic mass is 16.5. The largest absolute Gasteiger partial charge is 0.507 e. The normalized spacial score (nSPS) is 12.5. The number of imidazole rings is 2. The zero-order chi connectivity index (χ0) is 30.1. The number of rotatable bonds is 4. The molecule has 0 fully saturated rings. The van der Waals surface area contributed by atoms with Gasteiger partial charge in [-0.1, -0.05) is 66.7 Å². The predicted molar refractivity (Wildman–Crippen MR) is 173 cm³/mol. The number of hydrogen-bond acceptors (Lipinski definition) is 6. The lowest BCUT2D eigenvalue weighted by molar-refractivity contribution is 0.437. The third kappa shape index (κ3) is 3.74. The van der Waals surface area contributed by atoms with E-state index in [4.69, 9.17) is 19.4 Å². The first kappa shape index (κ1) is 25.3. The van der Waals surface area contributed by atoms with Crippen LogP contribution < -0.4 is 26.1 Å². The van der Waals surface area contributed by atoms with Gasteiger partial charge in [-0.3, -0.25) is 9.13 Å². The molecule has 2 aliphatic rings. The Morgan fingerprint density at radius 2 is 0.911 bits per heavy atom. The van der Waals surface area contributed by atoms with Crippen molar-refractivity contribution < 1.29 is 19.7 Å². The van der Waals surface area contributed by atoms with Gasteiger partial charge in [-0.25, -0.2) is 9.97 Å². The molecule has 0 spiro atoms. The maximum atomic E-state index is 11.0. The van der Waals surface area contributed by atoms with Crippen molar-refractivity contribution in [3.05, 3.63) is 127 Å². The van der Waals surface area contributed by atoms with Crippen LogP contribution in [0.5, 0.6) is 34.8 Å². The highest BCUT2D eigenvalue weighted by Gasteiger charge is 2.47. The fourth-order valence-electron chi connectivity index (χ4n) is 6.33. The molecule has 0 bridgehead atoms. The zero-order valence-corrected chi connectivity index (χ0v) is 23.7. The summed E-state index contributed by atoms with van der Waals surface area (Å²) in [5.41, 5.74) is 4.91. The fourth-order valence-corrected chi connectivity index (χ4v) is 6.33. The number of fused-ring (bicyclic) bond motifs is 4. The number of ether oxygens (including phenoxy) is 2. The van der Waals surface area contributed by atoms with Gasteiger partial charge < -0.3 is 19.7 Å². The number of phenols is 2. The number of para-hydroxylation sites is 4. The summed E-state index contributed by atoms with van der Waals surface area (Å²) < 4.78 is 17.2. The van der Waals surface area contributed by atoms with Crippen molar-refractivity contribution in [2.45, 2.75) is 0 Å². The molecule has 9 heteroatoms. The van der Waals surface area contributed by atoms with Crippen LogP contribution in [0.1, 0.15) is 0 Å². The minimum Gasteiger partial charge on any atom is -0.507 e. The van der Waals surface area contributed by atoms with E-state index in [2.05, 4.69) is 0 Å². The van der Waals surface area contributed by atoms with Crippen molar-refractivity contribution in [2.75, 3.05) is 0 Å². The second-order valence-corrected chi connectivity index (χ2v) is 10.9. The van der Waals surface area contributed by atoms with E-state index in [1.807, 2.05) is 112 Å². The van der Waals surface area contributed by atoms with Crippen LogP contribution in [0.2, 0.25) is 0 Å².